The molecule has 5 unspecified atom stereocenters. The van der Waals surface area contributed by atoms with Gasteiger partial charge in [0.15, 0.2) is 0 Å². The van der Waals surface area contributed by atoms with Gasteiger partial charge in [0.2, 0.25) is 17.7 Å². The fourth-order valence-corrected chi connectivity index (χ4v) is 3.35. The Bertz CT molecular complexity index is 1030. The average Bonchev–Trinajstić information content (AvgIpc) is 3.36. The van der Waals surface area contributed by atoms with Crippen LogP contribution in [0.15, 0.2) is 36.8 Å². The summed E-state index contributed by atoms with van der Waals surface area (Å²) in [6.07, 6.45) is 3.69. The number of carboxylic acid groups (broad SMARTS) is 1. The number of nitrogens with one attached hydrogen (secondary N) is 4. The van der Waals surface area contributed by atoms with Crippen molar-refractivity contribution < 1.29 is 29.4 Å². The van der Waals surface area contributed by atoms with E-state index in [4.69, 9.17) is 5.73 Å². The molecule has 0 saturated heterocycles. The number of imidazole rings is 1. The number of aromatic nitrogens is 2. The first-order valence-corrected chi connectivity index (χ1v) is 11.7. The molecule has 3 amide bonds. The van der Waals surface area contributed by atoms with Crippen LogP contribution in [0.25, 0.3) is 0 Å². The molecule has 8 N–H and O–H groups in total. The number of aromatic amines is 1. The molecule has 12 nitrogen and oxygen atoms in total. The highest BCUT2D eigenvalue weighted by Gasteiger charge is 2.30. The number of nitrogens with two attached hydrogens (primary N) is 1. The Balaban J connectivity index is 2.05. The Morgan fingerprint density at radius 3 is 2.17 bits per heavy atom. The van der Waals surface area contributed by atoms with Crippen molar-refractivity contribution in [1.29, 1.82) is 0 Å². The van der Waals surface area contributed by atoms with Crippen molar-refractivity contribution in [2.75, 3.05) is 0 Å². The highest BCUT2D eigenvalue weighted by molar-refractivity contribution is 5.94. The number of phenolic OH excluding ortho intramolecular Hbond substituents is 1. The van der Waals surface area contributed by atoms with Crippen LogP contribution < -0.4 is 21.7 Å². The second kappa shape index (κ2) is 13.2. The summed E-state index contributed by atoms with van der Waals surface area (Å²) in [5.41, 5.74) is 7.18. The number of phenols is 1. The van der Waals surface area contributed by atoms with Gasteiger partial charge >= 0.3 is 5.97 Å². The molecule has 0 fully saturated rings. The summed E-state index contributed by atoms with van der Waals surface area (Å²) in [6, 6.07) is 1.73. The predicted octanol–water partition coefficient (Wildman–Crippen LogP) is -0.167. The molecule has 1 aromatic heterocycles. The molecule has 0 saturated carbocycles. The molecular formula is C24H34N6O6. The maximum atomic E-state index is 13.0. The molecule has 1 heterocycles. The fraction of sp³-hybridized carbons (Fsp3) is 0.458. The van der Waals surface area contributed by atoms with E-state index in [1.807, 2.05) is 13.8 Å². The van der Waals surface area contributed by atoms with Crippen LogP contribution in [-0.4, -0.2) is 68.0 Å². The standard InChI is InChI=1S/C24H34N6O6/c1-4-13(2)20(25)23(34)29-18(10-16-11-26-12-27-16)22(33)28-14(3)21(32)30-19(24(35)36)9-15-5-7-17(31)8-6-15/h5-8,11-14,18-20,31H,4,9-10,25H2,1-3H3,(H,26,27)(H,28,33)(H,29,34)(H,30,32)(H,35,36). The van der Waals surface area contributed by atoms with Gasteiger partial charge in [-0.05, 0) is 30.5 Å². The zero-order chi connectivity index (χ0) is 26.8. The second-order valence-electron chi connectivity index (χ2n) is 8.75. The topological polar surface area (TPSA) is 200 Å². The summed E-state index contributed by atoms with van der Waals surface area (Å²) in [4.78, 5) is 56.8. The van der Waals surface area contributed by atoms with Gasteiger partial charge in [-0.2, -0.15) is 0 Å². The molecule has 2 aromatic rings. The quantitative estimate of drug-likeness (QED) is 0.196. The maximum Gasteiger partial charge on any atom is 0.326 e. The summed E-state index contributed by atoms with van der Waals surface area (Å²) in [5.74, 6) is -3.17. The number of carbonyl (C=O) groups is 4. The number of carbonyl (C=O) groups excluding carboxylic acids is 3. The van der Waals surface area contributed by atoms with E-state index < -0.39 is 47.9 Å². The van der Waals surface area contributed by atoms with Gasteiger partial charge in [-0.15, -0.1) is 0 Å². The number of aromatic hydroxyl groups is 1. The minimum atomic E-state index is -1.25. The second-order valence-corrected chi connectivity index (χ2v) is 8.75. The van der Waals surface area contributed by atoms with E-state index in [1.54, 1.807) is 12.1 Å². The van der Waals surface area contributed by atoms with Gasteiger partial charge in [0.05, 0.1) is 12.4 Å². The lowest BCUT2D eigenvalue weighted by molar-refractivity contribution is -0.142. The van der Waals surface area contributed by atoms with E-state index in [0.717, 1.165) is 0 Å². The van der Waals surface area contributed by atoms with Crippen molar-refractivity contribution in [1.82, 2.24) is 25.9 Å². The van der Waals surface area contributed by atoms with E-state index in [1.165, 1.54) is 31.6 Å². The molecule has 12 heteroatoms. The molecule has 0 aliphatic rings. The number of benzene rings is 1. The zero-order valence-electron chi connectivity index (χ0n) is 20.5. The SMILES string of the molecule is CCC(C)C(N)C(=O)NC(Cc1cnc[nH]1)C(=O)NC(C)C(=O)NC(Cc1ccc(O)cc1)C(=O)O. The molecule has 2 rings (SSSR count). The van der Waals surface area contributed by atoms with Crippen LogP contribution in [0, 0.1) is 5.92 Å². The van der Waals surface area contributed by atoms with E-state index in [9.17, 15) is 29.4 Å². The van der Waals surface area contributed by atoms with Crippen LogP contribution in [0.4, 0.5) is 0 Å². The largest absolute Gasteiger partial charge is 0.508 e. The van der Waals surface area contributed by atoms with Gasteiger partial charge in [-0.1, -0.05) is 32.4 Å². The first-order valence-electron chi connectivity index (χ1n) is 11.7. The summed E-state index contributed by atoms with van der Waals surface area (Å²) in [7, 11) is 0. The molecule has 0 spiro atoms. The lowest BCUT2D eigenvalue weighted by atomic mass is 9.98. The third kappa shape index (κ3) is 8.38. The summed E-state index contributed by atoms with van der Waals surface area (Å²) in [6.45, 7) is 5.14. The van der Waals surface area contributed by atoms with E-state index in [-0.39, 0.29) is 24.5 Å². The molecule has 0 bridgehead atoms. The van der Waals surface area contributed by atoms with Gasteiger partial charge in [0, 0.05) is 24.7 Å². The number of H-pyrrole nitrogens is 1. The number of aliphatic carboxylic acids is 1. The van der Waals surface area contributed by atoms with Crippen LogP contribution in [0.3, 0.4) is 0 Å². The molecule has 5 atom stereocenters. The Morgan fingerprint density at radius 2 is 1.61 bits per heavy atom. The van der Waals surface area contributed by atoms with Crippen molar-refractivity contribution in [2.24, 2.45) is 11.7 Å². The van der Waals surface area contributed by atoms with Gasteiger partial charge in [-0.25, -0.2) is 9.78 Å². The van der Waals surface area contributed by atoms with Crippen molar-refractivity contribution in [3.8, 4) is 5.75 Å². The summed E-state index contributed by atoms with van der Waals surface area (Å²) in [5, 5.41) is 26.5. The van der Waals surface area contributed by atoms with Crippen molar-refractivity contribution in [3.63, 3.8) is 0 Å². The summed E-state index contributed by atoms with van der Waals surface area (Å²) >= 11 is 0. The highest BCUT2D eigenvalue weighted by Crippen LogP contribution is 2.12. The lowest BCUT2D eigenvalue weighted by Gasteiger charge is -2.24. The van der Waals surface area contributed by atoms with Crippen LogP contribution in [0.1, 0.15) is 38.4 Å². The Hall–Kier alpha value is -3.93. The first-order chi connectivity index (χ1) is 17.0. The predicted molar refractivity (Wildman–Crippen MR) is 131 cm³/mol. The van der Waals surface area contributed by atoms with Crippen molar-refractivity contribution in [3.05, 3.63) is 48.0 Å². The Labute approximate surface area is 209 Å². The third-order valence-electron chi connectivity index (χ3n) is 5.91. The average molecular weight is 503 g/mol. The maximum absolute atomic E-state index is 13.0. The fourth-order valence-electron chi connectivity index (χ4n) is 3.35. The summed E-state index contributed by atoms with van der Waals surface area (Å²) < 4.78 is 0. The van der Waals surface area contributed by atoms with Crippen LogP contribution in [0.5, 0.6) is 5.75 Å². The number of carboxylic acids is 1. The van der Waals surface area contributed by atoms with Gasteiger partial charge in [0.1, 0.15) is 23.9 Å². The molecular weight excluding hydrogens is 468 g/mol. The first kappa shape index (κ1) is 28.3. The van der Waals surface area contributed by atoms with Crippen LogP contribution >= 0.6 is 0 Å². The molecule has 0 aliphatic carbocycles. The van der Waals surface area contributed by atoms with Gasteiger partial charge < -0.3 is 36.9 Å². The lowest BCUT2D eigenvalue weighted by Crippen LogP contribution is -2.57. The van der Waals surface area contributed by atoms with Gasteiger partial charge in [0.25, 0.3) is 0 Å². The third-order valence-corrected chi connectivity index (χ3v) is 5.91. The molecule has 196 valence electrons. The minimum absolute atomic E-state index is 0.0198. The monoisotopic (exact) mass is 502 g/mol. The zero-order valence-corrected chi connectivity index (χ0v) is 20.5. The molecule has 1 aromatic carbocycles. The molecule has 36 heavy (non-hydrogen) atoms. The van der Waals surface area contributed by atoms with Crippen molar-refractivity contribution in [2.45, 2.75) is 64.2 Å². The Morgan fingerprint density at radius 1 is 0.972 bits per heavy atom. The van der Waals surface area contributed by atoms with Crippen LogP contribution in [-0.2, 0) is 32.0 Å². The number of hydrogen-bond donors (Lipinski definition) is 7. The molecule has 0 aliphatic heterocycles. The normalized spacial score (nSPS) is 15.1. The minimum Gasteiger partial charge on any atom is -0.508 e. The Kier molecular flexibility index (Phi) is 10.4. The number of rotatable bonds is 13. The highest BCUT2D eigenvalue weighted by atomic mass is 16.4. The van der Waals surface area contributed by atoms with E-state index >= 15 is 0 Å². The molecule has 0 radical (unpaired) electrons. The number of hydrogen-bond acceptors (Lipinski definition) is 7. The smallest absolute Gasteiger partial charge is 0.326 e. The number of nitrogens with zero attached hydrogens (tertiary/aromatic N) is 1. The van der Waals surface area contributed by atoms with Crippen LogP contribution in [0.2, 0.25) is 0 Å². The van der Waals surface area contributed by atoms with Gasteiger partial charge in [-0.3, -0.25) is 14.4 Å². The van der Waals surface area contributed by atoms with E-state index in [0.29, 0.717) is 17.7 Å². The number of amides is 3. The van der Waals surface area contributed by atoms with Crippen molar-refractivity contribution >= 4 is 23.7 Å². The van der Waals surface area contributed by atoms with E-state index in [2.05, 4.69) is 25.9 Å².